The van der Waals surface area contributed by atoms with Crippen LogP contribution in [-0.2, 0) is 11.3 Å². The first kappa shape index (κ1) is 13.0. The van der Waals surface area contributed by atoms with Crippen LogP contribution in [0.5, 0.6) is 0 Å². The van der Waals surface area contributed by atoms with Crippen molar-refractivity contribution in [3.8, 4) is 0 Å². The number of aliphatic hydroxyl groups excluding tert-OH is 1. The monoisotopic (exact) mass is 275 g/mol. The third-order valence-corrected chi connectivity index (χ3v) is 3.33. The zero-order chi connectivity index (χ0) is 13.9. The predicted molar refractivity (Wildman–Crippen MR) is 72.2 cm³/mol. The molecule has 0 aliphatic carbocycles. The maximum atomic E-state index is 9.07. The number of hydrogen-bond acceptors (Lipinski definition) is 6. The van der Waals surface area contributed by atoms with E-state index in [9.17, 15) is 0 Å². The van der Waals surface area contributed by atoms with E-state index in [1.807, 2.05) is 19.1 Å². The van der Waals surface area contributed by atoms with E-state index in [-0.39, 0.29) is 12.7 Å². The second kappa shape index (κ2) is 5.56. The Morgan fingerprint density at radius 2 is 2.35 bits per heavy atom. The molecule has 1 fully saturated rings. The van der Waals surface area contributed by atoms with Gasteiger partial charge in [0.05, 0.1) is 31.1 Å². The largest absolute Gasteiger partial charge is 0.390 e. The molecule has 1 unspecified atom stereocenters. The van der Waals surface area contributed by atoms with Gasteiger partial charge in [-0.05, 0) is 13.0 Å². The van der Waals surface area contributed by atoms with Gasteiger partial charge in [-0.25, -0.2) is 9.97 Å². The molecule has 20 heavy (non-hydrogen) atoms. The maximum Gasteiger partial charge on any atom is 0.132 e. The van der Waals surface area contributed by atoms with Gasteiger partial charge in [0, 0.05) is 18.3 Å². The number of ether oxygens (including phenoxy) is 1. The van der Waals surface area contributed by atoms with Crippen molar-refractivity contribution in [1.82, 2.24) is 20.2 Å². The van der Waals surface area contributed by atoms with Crippen LogP contribution >= 0.6 is 0 Å². The Morgan fingerprint density at radius 1 is 1.45 bits per heavy atom. The van der Waals surface area contributed by atoms with E-state index in [0.29, 0.717) is 18.8 Å². The Labute approximate surface area is 116 Å². The van der Waals surface area contributed by atoms with Crippen LogP contribution in [0.25, 0.3) is 0 Å². The van der Waals surface area contributed by atoms with Gasteiger partial charge in [-0.15, -0.1) is 0 Å². The van der Waals surface area contributed by atoms with Gasteiger partial charge in [0.25, 0.3) is 0 Å². The summed E-state index contributed by atoms with van der Waals surface area (Å²) in [5, 5.41) is 16.0. The van der Waals surface area contributed by atoms with Crippen molar-refractivity contribution < 1.29 is 9.84 Å². The van der Waals surface area contributed by atoms with Gasteiger partial charge in [-0.3, -0.25) is 5.10 Å². The molecule has 0 aromatic carbocycles. The fourth-order valence-corrected chi connectivity index (χ4v) is 2.28. The average Bonchev–Trinajstić information content (AvgIpc) is 2.96. The molecule has 2 N–H and O–H groups in total. The molecule has 3 rings (SSSR count). The zero-order valence-corrected chi connectivity index (χ0v) is 11.3. The van der Waals surface area contributed by atoms with Crippen molar-refractivity contribution in [2.75, 3.05) is 24.6 Å². The Bertz CT molecular complexity index is 586. The number of H-pyrrole nitrogens is 1. The van der Waals surface area contributed by atoms with Gasteiger partial charge in [0.2, 0.25) is 0 Å². The van der Waals surface area contributed by atoms with Gasteiger partial charge in [0.1, 0.15) is 18.2 Å². The molecule has 2 aromatic heterocycles. The Balaban J connectivity index is 1.76. The topological polar surface area (TPSA) is 87.2 Å². The number of aliphatic hydroxyl groups is 1. The SMILES string of the molecule is Cc1cc(N2CCOC(c3cc(CO)[nH]n3)C2)ncn1. The molecular weight excluding hydrogens is 258 g/mol. The number of aromatic nitrogens is 4. The summed E-state index contributed by atoms with van der Waals surface area (Å²) >= 11 is 0. The highest BCUT2D eigenvalue weighted by molar-refractivity contribution is 5.39. The number of hydrogen-bond donors (Lipinski definition) is 2. The maximum absolute atomic E-state index is 9.07. The summed E-state index contributed by atoms with van der Waals surface area (Å²) in [6.45, 7) is 4.00. The number of anilines is 1. The van der Waals surface area contributed by atoms with Crippen LogP contribution in [0, 0.1) is 6.92 Å². The van der Waals surface area contributed by atoms with E-state index in [4.69, 9.17) is 9.84 Å². The molecule has 0 spiro atoms. The molecule has 2 aromatic rings. The second-order valence-electron chi connectivity index (χ2n) is 4.80. The van der Waals surface area contributed by atoms with Crippen molar-refractivity contribution in [2.24, 2.45) is 0 Å². The minimum Gasteiger partial charge on any atom is -0.390 e. The summed E-state index contributed by atoms with van der Waals surface area (Å²) in [6.07, 6.45) is 1.46. The quantitative estimate of drug-likeness (QED) is 0.852. The van der Waals surface area contributed by atoms with Crippen molar-refractivity contribution in [1.29, 1.82) is 0 Å². The minimum atomic E-state index is -0.115. The molecule has 0 radical (unpaired) electrons. The van der Waals surface area contributed by atoms with E-state index in [1.165, 1.54) is 0 Å². The molecular formula is C13H17N5O2. The molecule has 1 aliphatic heterocycles. The lowest BCUT2D eigenvalue weighted by molar-refractivity contribution is 0.0367. The lowest BCUT2D eigenvalue weighted by Crippen LogP contribution is -2.39. The summed E-state index contributed by atoms with van der Waals surface area (Å²) in [5.74, 6) is 0.906. The fourth-order valence-electron chi connectivity index (χ4n) is 2.28. The van der Waals surface area contributed by atoms with Crippen LogP contribution in [0.2, 0.25) is 0 Å². The van der Waals surface area contributed by atoms with Gasteiger partial charge >= 0.3 is 0 Å². The normalized spacial score (nSPS) is 19.3. The number of nitrogens with one attached hydrogen (secondary N) is 1. The van der Waals surface area contributed by atoms with Crippen molar-refractivity contribution in [3.63, 3.8) is 0 Å². The number of morpholine rings is 1. The van der Waals surface area contributed by atoms with Crippen LogP contribution in [0.4, 0.5) is 5.82 Å². The highest BCUT2D eigenvalue weighted by Gasteiger charge is 2.25. The van der Waals surface area contributed by atoms with Gasteiger partial charge in [-0.1, -0.05) is 0 Å². The lowest BCUT2D eigenvalue weighted by Gasteiger charge is -2.32. The minimum absolute atomic E-state index is 0.0471. The molecule has 3 heterocycles. The molecule has 1 saturated heterocycles. The second-order valence-corrected chi connectivity index (χ2v) is 4.80. The summed E-state index contributed by atoms with van der Waals surface area (Å²) in [6, 6.07) is 3.80. The highest BCUT2D eigenvalue weighted by Crippen LogP contribution is 2.24. The standard InChI is InChI=1S/C13H17N5O2/c1-9-4-13(15-8-14-9)18-2-3-20-12(6-18)11-5-10(7-19)16-17-11/h4-5,8,12,19H,2-3,6-7H2,1H3,(H,16,17). The fraction of sp³-hybridized carbons (Fsp3) is 0.462. The van der Waals surface area contributed by atoms with Crippen LogP contribution < -0.4 is 4.90 Å². The van der Waals surface area contributed by atoms with Crippen LogP contribution in [0.3, 0.4) is 0 Å². The summed E-state index contributed by atoms with van der Waals surface area (Å²) in [5.41, 5.74) is 2.45. The van der Waals surface area contributed by atoms with Gasteiger partial charge < -0.3 is 14.7 Å². The Hall–Kier alpha value is -1.99. The number of rotatable bonds is 3. The van der Waals surface area contributed by atoms with Crippen molar-refractivity contribution >= 4 is 5.82 Å². The molecule has 7 nitrogen and oxygen atoms in total. The number of aromatic amines is 1. The van der Waals surface area contributed by atoms with Crippen LogP contribution in [-0.4, -0.2) is 45.0 Å². The van der Waals surface area contributed by atoms with E-state index in [0.717, 1.165) is 23.8 Å². The molecule has 0 saturated carbocycles. The van der Waals surface area contributed by atoms with E-state index >= 15 is 0 Å². The third-order valence-electron chi connectivity index (χ3n) is 3.33. The van der Waals surface area contributed by atoms with E-state index in [1.54, 1.807) is 6.33 Å². The highest BCUT2D eigenvalue weighted by atomic mass is 16.5. The first-order valence-electron chi connectivity index (χ1n) is 6.56. The predicted octanol–water partition coefficient (Wildman–Crippen LogP) is 0.578. The first-order chi connectivity index (χ1) is 9.76. The summed E-state index contributed by atoms with van der Waals surface area (Å²) < 4.78 is 5.75. The average molecular weight is 275 g/mol. The molecule has 1 aliphatic rings. The third kappa shape index (κ3) is 2.63. The van der Waals surface area contributed by atoms with Crippen molar-refractivity contribution in [3.05, 3.63) is 35.5 Å². The zero-order valence-electron chi connectivity index (χ0n) is 11.3. The van der Waals surface area contributed by atoms with E-state index in [2.05, 4.69) is 25.1 Å². The number of nitrogens with zero attached hydrogens (tertiary/aromatic N) is 4. The van der Waals surface area contributed by atoms with Crippen LogP contribution in [0.1, 0.15) is 23.2 Å². The molecule has 106 valence electrons. The number of aryl methyl sites for hydroxylation is 1. The molecule has 7 heteroatoms. The summed E-state index contributed by atoms with van der Waals surface area (Å²) in [4.78, 5) is 10.6. The van der Waals surface area contributed by atoms with Crippen molar-refractivity contribution in [2.45, 2.75) is 19.6 Å². The lowest BCUT2D eigenvalue weighted by atomic mass is 10.2. The Morgan fingerprint density at radius 3 is 3.10 bits per heavy atom. The van der Waals surface area contributed by atoms with Gasteiger partial charge in [0.15, 0.2) is 0 Å². The first-order valence-corrected chi connectivity index (χ1v) is 6.56. The van der Waals surface area contributed by atoms with E-state index < -0.39 is 0 Å². The molecule has 1 atom stereocenters. The Kier molecular flexibility index (Phi) is 3.62. The molecule has 0 bridgehead atoms. The van der Waals surface area contributed by atoms with Gasteiger partial charge in [-0.2, -0.15) is 5.10 Å². The smallest absolute Gasteiger partial charge is 0.132 e. The molecule has 0 amide bonds. The van der Waals surface area contributed by atoms with Crippen LogP contribution in [0.15, 0.2) is 18.5 Å². The summed E-state index contributed by atoms with van der Waals surface area (Å²) in [7, 11) is 0.